The molecule has 3 N–H and O–H groups in total. The molecule has 0 heterocycles. The Morgan fingerprint density at radius 3 is 2.76 bits per heavy atom. The minimum Gasteiger partial charge on any atom is -0.381 e. The van der Waals surface area contributed by atoms with Gasteiger partial charge in [0.25, 0.3) is 0 Å². The van der Waals surface area contributed by atoms with Gasteiger partial charge in [0.15, 0.2) is 0 Å². The second-order valence-corrected chi connectivity index (χ2v) is 5.91. The summed E-state index contributed by atoms with van der Waals surface area (Å²) in [6, 6.07) is 8.15. The van der Waals surface area contributed by atoms with Gasteiger partial charge in [-0.25, -0.2) is 4.39 Å². The van der Waals surface area contributed by atoms with E-state index in [-0.39, 0.29) is 5.56 Å². The fraction of sp³-hybridized carbons (Fsp3) is 0.133. The molecule has 0 saturated carbocycles. The van der Waals surface area contributed by atoms with Gasteiger partial charge in [0.1, 0.15) is 5.82 Å². The first-order chi connectivity index (χ1) is 9.88. The molecule has 0 aliphatic carbocycles. The van der Waals surface area contributed by atoms with E-state index in [0.717, 1.165) is 16.1 Å². The average molecular weight is 372 g/mol. The Bertz CT molecular complexity index is 706. The lowest BCUT2D eigenvalue weighted by atomic mass is 10.1. The molecule has 2 aromatic rings. The molecule has 6 heteroatoms. The lowest BCUT2D eigenvalue weighted by molar-refractivity contribution is 0.1000. The standard InChI is InChI=1S/C15H13BrClFN2O/c1-8-13(18)5-9(15(19)21)6-14(8)20-7-10-4-11(16)2-3-12(10)17/h2-6,20H,7H2,1H3,(H2,19,21). The van der Waals surface area contributed by atoms with Gasteiger partial charge in [-0.3, -0.25) is 4.79 Å². The van der Waals surface area contributed by atoms with Crippen LogP contribution in [0.15, 0.2) is 34.8 Å². The first-order valence-corrected chi connectivity index (χ1v) is 7.33. The molecule has 0 bridgehead atoms. The van der Waals surface area contributed by atoms with E-state index in [0.29, 0.717) is 22.8 Å². The maximum Gasteiger partial charge on any atom is 0.248 e. The molecule has 0 spiro atoms. The van der Waals surface area contributed by atoms with Crippen molar-refractivity contribution < 1.29 is 9.18 Å². The van der Waals surface area contributed by atoms with Crippen LogP contribution in [-0.2, 0) is 6.54 Å². The number of anilines is 1. The van der Waals surface area contributed by atoms with Crippen molar-refractivity contribution in [2.45, 2.75) is 13.5 Å². The second-order valence-electron chi connectivity index (χ2n) is 4.58. The summed E-state index contributed by atoms with van der Waals surface area (Å²) in [5.41, 5.74) is 7.11. The molecule has 0 atom stereocenters. The lowest BCUT2D eigenvalue weighted by Crippen LogP contribution is -2.13. The molecule has 110 valence electrons. The Hall–Kier alpha value is -1.59. The number of carbonyl (C=O) groups is 1. The summed E-state index contributed by atoms with van der Waals surface area (Å²) in [6.45, 7) is 2.03. The number of hydrogen-bond acceptors (Lipinski definition) is 2. The molecule has 2 aromatic carbocycles. The number of benzene rings is 2. The molecule has 3 nitrogen and oxygen atoms in total. The highest BCUT2D eigenvalue weighted by atomic mass is 79.9. The van der Waals surface area contributed by atoms with Gasteiger partial charge in [0, 0.05) is 32.9 Å². The van der Waals surface area contributed by atoms with Crippen molar-refractivity contribution in [1.29, 1.82) is 0 Å². The highest BCUT2D eigenvalue weighted by molar-refractivity contribution is 9.10. The van der Waals surface area contributed by atoms with Gasteiger partial charge in [-0.1, -0.05) is 27.5 Å². The molecule has 1 amide bonds. The number of nitrogens with one attached hydrogen (secondary N) is 1. The van der Waals surface area contributed by atoms with E-state index >= 15 is 0 Å². The van der Waals surface area contributed by atoms with E-state index in [2.05, 4.69) is 21.2 Å². The normalized spacial score (nSPS) is 10.5. The lowest BCUT2D eigenvalue weighted by Gasteiger charge is -2.13. The summed E-state index contributed by atoms with van der Waals surface area (Å²) in [5.74, 6) is -1.15. The largest absolute Gasteiger partial charge is 0.381 e. The predicted octanol–water partition coefficient (Wildman–Crippen LogP) is 4.26. The number of carbonyl (C=O) groups excluding carboxylic acids is 1. The van der Waals surface area contributed by atoms with Crippen molar-refractivity contribution in [2.75, 3.05) is 5.32 Å². The van der Waals surface area contributed by atoms with Crippen LogP contribution in [0.4, 0.5) is 10.1 Å². The Balaban J connectivity index is 2.27. The molecule has 0 unspecified atom stereocenters. The van der Waals surface area contributed by atoms with Crippen LogP contribution in [0.2, 0.25) is 5.02 Å². The third kappa shape index (κ3) is 3.74. The average Bonchev–Trinajstić information content (AvgIpc) is 2.43. The van der Waals surface area contributed by atoms with E-state index in [1.165, 1.54) is 6.07 Å². The first-order valence-electron chi connectivity index (χ1n) is 6.16. The minimum absolute atomic E-state index is 0.126. The van der Waals surface area contributed by atoms with Crippen LogP contribution in [0, 0.1) is 12.7 Å². The van der Waals surface area contributed by atoms with Crippen LogP contribution >= 0.6 is 27.5 Å². The summed E-state index contributed by atoms with van der Waals surface area (Å²) >= 11 is 9.48. The molecule has 21 heavy (non-hydrogen) atoms. The number of halogens is 3. The van der Waals surface area contributed by atoms with Crippen LogP contribution in [0.25, 0.3) is 0 Å². The molecular weight excluding hydrogens is 359 g/mol. The second kappa shape index (κ2) is 6.45. The number of hydrogen-bond donors (Lipinski definition) is 2. The predicted molar refractivity (Wildman–Crippen MR) is 86.1 cm³/mol. The maximum atomic E-state index is 13.8. The molecule has 2 rings (SSSR count). The van der Waals surface area contributed by atoms with Crippen LogP contribution < -0.4 is 11.1 Å². The number of primary amides is 1. The Kier molecular flexibility index (Phi) is 4.85. The zero-order valence-corrected chi connectivity index (χ0v) is 13.6. The van der Waals surface area contributed by atoms with Crippen LogP contribution in [-0.4, -0.2) is 5.91 Å². The van der Waals surface area contributed by atoms with Gasteiger partial charge < -0.3 is 11.1 Å². The van der Waals surface area contributed by atoms with E-state index in [4.69, 9.17) is 17.3 Å². The fourth-order valence-electron chi connectivity index (χ4n) is 1.87. The zero-order chi connectivity index (χ0) is 15.6. The molecule has 0 aliphatic rings. The summed E-state index contributed by atoms with van der Waals surface area (Å²) in [4.78, 5) is 11.2. The molecule has 0 fully saturated rings. The van der Waals surface area contributed by atoms with Crippen molar-refractivity contribution in [1.82, 2.24) is 0 Å². The van der Waals surface area contributed by atoms with Crippen molar-refractivity contribution in [2.24, 2.45) is 5.73 Å². The third-order valence-corrected chi connectivity index (χ3v) is 3.97. The van der Waals surface area contributed by atoms with Gasteiger partial charge in [-0.15, -0.1) is 0 Å². The minimum atomic E-state index is -0.669. The van der Waals surface area contributed by atoms with E-state index in [9.17, 15) is 9.18 Å². The van der Waals surface area contributed by atoms with Gasteiger partial charge in [0.05, 0.1) is 0 Å². The monoisotopic (exact) mass is 370 g/mol. The van der Waals surface area contributed by atoms with Crippen LogP contribution in [0.3, 0.4) is 0 Å². The van der Waals surface area contributed by atoms with E-state index in [1.54, 1.807) is 13.0 Å². The Labute approximate surface area is 135 Å². The van der Waals surface area contributed by atoms with Crippen molar-refractivity contribution >= 4 is 39.1 Å². The van der Waals surface area contributed by atoms with Crippen LogP contribution in [0.5, 0.6) is 0 Å². The van der Waals surface area contributed by atoms with E-state index in [1.807, 2.05) is 12.1 Å². The Morgan fingerprint density at radius 2 is 2.10 bits per heavy atom. The number of rotatable bonds is 4. The molecule has 0 aromatic heterocycles. The molecule has 0 saturated heterocycles. The van der Waals surface area contributed by atoms with Crippen molar-refractivity contribution in [3.63, 3.8) is 0 Å². The highest BCUT2D eigenvalue weighted by Crippen LogP contribution is 2.25. The summed E-state index contributed by atoms with van der Waals surface area (Å²) in [5, 5.41) is 3.69. The first kappa shape index (κ1) is 15.8. The van der Waals surface area contributed by atoms with Crippen LogP contribution in [0.1, 0.15) is 21.5 Å². The maximum absolute atomic E-state index is 13.8. The van der Waals surface area contributed by atoms with Gasteiger partial charge >= 0.3 is 0 Å². The Morgan fingerprint density at radius 1 is 1.38 bits per heavy atom. The molecule has 0 radical (unpaired) electrons. The summed E-state index contributed by atoms with van der Waals surface area (Å²) in [6.07, 6.45) is 0. The fourth-order valence-corrected chi connectivity index (χ4v) is 2.47. The summed E-state index contributed by atoms with van der Waals surface area (Å²) < 4.78 is 14.7. The molecular formula is C15H13BrClFN2O. The number of amides is 1. The van der Waals surface area contributed by atoms with Gasteiger partial charge in [0.2, 0.25) is 5.91 Å². The van der Waals surface area contributed by atoms with Crippen molar-refractivity contribution in [3.05, 3.63) is 62.3 Å². The van der Waals surface area contributed by atoms with Crippen molar-refractivity contribution in [3.8, 4) is 0 Å². The quantitative estimate of drug-likeness (QED) is 0.843. The van der Waals surface area contributed by atoms with Gasteiger partial charge in [-0.2, -0.15) is 0 Å². The zero-order valence-electron chi connectivity index (χ0n) is 11.2. The third-order valence-electron chi connectivity index (χ3n) is 3.11. The van der Waals surface area contributed by atoms with E-state index < -0.39 is 11.7 Å². The SMILES string of the molecule is Cc1c(F)cc(C(N)=O)cc1NCc1cc(Br)ccc1Cl. The number of nitrogens with two attached hydrogens (primary N) is 1. The topological polar surface area (TPSA) is 55.1 Å². The smallest absolute Gasteiger partial charge is 0.248 e. The van der Waals surface area contributed by atoms with Gasteiger partial charge in [-0.05, 0) is 42.8 Å². The highest BCUT2D eigenvalue weighted by Gasteiger charge is 2.11. The molecule has 0 aliphatic heterocycles. The summed E-state index contributed by atoms with van der Waals surface area (Å²) in [7, 11) is 0.